The fourth-order valence-corrected chi connectivity index (χ4v) is 2.63. The minimum absolute atomic E-state index is 0.695. The van der Waals surface area contributed by atoms with Crippen molar-refractivity contribution in [2.75, 3.05) is 14.2 Å². The lowest BCUT2D eigenvalue weighted by Gasteiger charge is -2.29. The van der Waals surface area contributed by atoms with Crippen LogP contribution < -0.4 is 10.1 Å². The van der Waals surface area contributed by atoms with E-state index in [4.69, 9.17) is 4.74 Å². The Balaban J connectivity index is 2.05. The first-order valence-corrected chi connectivity index (χ1v) is 6.14. The van der Waals surface area contributed by atoms with Crippen LogP contribution in [0.5, 0.6) is 5.75 Å². The van der Waals surface area contributed by atoms with Crippen molar-refractivity contribution in [2.24, 2.45) is 0 Å². The summed E-state index contributed by atoms with van der Waals surface area (Å²) >= 11 is 0. The van der Waals surface area contributed by atoms with Gasteiger partial charge in [-0.15, -0.1) is 0 Å². The Labute approximate surface area is 98.0 Å². The Morgan fingerprint density at radius 2 is 1.94 bits per heavy atom. The molecule has 0 saturated heterocycles. The molecule has 1 aromatic rings. The smallest absolute Gasteiger partial charge is 0.118 e. The molecule has 0 amide bonds. The lowest BCUT2D eigenvalue weighted by Crippen LogP contribution is -2.30. The third kappa shape index (κ3) is 2.56. The van der Waals surface area contributed by atoms with Crippen LogP contribution in [0.25, 0.3) is 0 Å². The van der Waals surface area contributed by atoms with Crippen molar-refractivity contribution in [1.29, 1.82) is 0 Å². The highest BCUT2D eigenvalue weighted by atomic mass is 16.5. The second-order valence-electron chi connectivity index (χ2n) is 4.62. The molecule has 0 spiro atoms. The van der Waals surface area contributed by atoms with Crippen LogP contribution in [-0.2, 0) is 0 Å². The summed E-state index contributed by atoms with van der Waals surface area (Å²) in [6, 6.07) is 9.25. The molecule has 0 aliphatic heterocycles. The molecule has 0 heterocycles. The van der Waals surface area contributed by atoms with Gasteiger partial charge in [-0.05, 0) is 49.9 Å². The van der Waals surface area contributed by atoms with Gasteiger partial charge in [-0.3, -0.25) is 0 Å². The lowest BCUT2D eigenvalue weighted by molar-refractivity contribution is 0.355. The van der Waals surface area contributed by atoms with E-state index in [1.54, 1.807) is 7.11 Å². The first-order chi connectivity index (χ1) is 7.83. The van der Waals surface area contributed by atoms with Crippen LogP contribution >= 0.6 is 0 Å². The van der Waals surface area contributed by atoms with Crippen molar-refractivity contribution in [2.45, 2.75) is 37.6 Å². The Morgan fingerprint density at radius 3 is 2.56 bits per heavy atom. The zero-order chi connectivity index (χ0) is 11.4. The van der Waals surface area contributed by atoms with Crippen LogP contribution in [0.4, 0.5) is 0 Å². The predicted octanol–water partition coefficient (Wildman–Crippen LogP) is 2.94. The molecule has 16 heavy (non-hydrogen) atoms. The molecule has 1 saturated carbocycles. The average Bonchev–Trinajstić information content (AvgIpc) is 2.39. The van der Waals surface area contributed by atoms with Crippen molar-refractivity contribution < 1.29 is 4.74 Å². The maximum absolute atomic E-state index is 5.19. The lowest BCUT2D eigenvalue weighted by atomic mass is 9.81. The van der Waals surface area contributed by atoms with Crippen molar-refractivity contribution >= 4 is 0 Å². The molecule has 2 nitrogen and oxygen atoms in total. The van der Waals surface area contributed by atoms with Gasteiger partial charge in [-0.2, -0.15) is 0 Å². The minimum Gasteiger partial charge on any atom is -0.497 e. The first-order valence-electron chi connectivity index (χ1n) is 6.14. The molecule has 1 N–H and O–H groups in total. The van der Waals surface area contributed by atoms with Gasteiger partial charge in [0, 0.05) is 6.04 Å². The number of methoxy groups -OCH3 is 1. The fourth-order valence-electron chi connectivity index (χ4n) is 2.63. The Kier molecular flexibility index (Phi) is 3.83. The van der Waals surface area contributed by atoms with Gasteiger partial charge in [0.05, 0.1) is 7.11 Å². The van der Waals surface area contributed by atoms with Crippen LogP contribution in [0, 0.1) is 0 Å². The van der Waals surface area contributed by atoms with Crippen LogP contribution in [-0.4, -0.2) is 20.2 Å². The molecule has 1 aromatic carbocycles. The Morgan fingerprint density at radius 1 is 1.19 bits per heavy atom. The van der Waals surface area contributed by atoms with E-state index >= 15 is 0 Å². The summed E-state index contributed by atoms with van der Waals surface area (Å²) in [6.45, 7) is 0. The summed E-state index contributed by atoms with van der Waals surface area (Å²) in [7, 11) is 3.79. The van der Waals surface area contributed by atoms with Crippen molar-refractivity contribution in [3.63, 3.8) is 0 Å². The monoisotopic (exact) mass is 219 g/mol. The topological polar surface area (TPSA) is 21.3 Å². The number of benzene rings is 1. The van der Waals surface area contributed by atoms with Crippen molar-refractivity contribution in [3.8, 4) is 5.75 Å². The third-order valence-electron chi connectivity index (χ3n) is 3.67. The molecule has 2 atom stereocenters. The predicted molar refractivity (Wildman–Crippen MR) is 67.1 cm³/mol. The summed E-state index contributed by atoms with van der Waals surface area (Å²) in [4.78, 5) is 0. The number of rotatable bonds is 3. The molecule has 2 unspecified atom stereocenters. The summed E-state index contributed by atoms with van der Waals surface area (Å²) in [5, 5.41) is 3.40. The Bertz CT molecular complexity index is 320. The molecule has 1 fully saturated rings. The zero-order valence-electron chi connectivity index (χ0n) is 10.2. The first kappa shape index (κ1) is 11.5. The van der Waals surface area contributed by atoms with Crippen molar-refractivity contribution in [1.82, 2.24) is 5.32 Å². The number of ether oxygens (including phenoxy) is 1. The van der Waals surface area contributed by atoms with Gasteiger partial charge in [0.25, 0.3) is 0 Å². The molecule has 1 aliphatic rings. The van der Waals surface area contributed by atoms with E-state index in [2.05, 4.69) is 36.6 Å². The quantitative estimate of drug-likeness (QED) is 0.844. The van der Waals surface area contributed by atoms with E-state index in [1.807, 2.05) is 0 Å². The average molecular weight is 219 g/mol. The molecule has 2 rings (SSSR count). The molecule has 0 radical (unpaired) electrons. The SMILES string of the molecule is CNC1CCCC(c2ccc(OC)cc2)C1. The van der Waals surface area contributed by atoms with Gasteiger partial charge < -0.3 is 10.1 Å². The van der Waals surface area contributed by atoms with Crippen molar-refractivity contribution in [3.05, 3.63) is 29.8 Å². The minimum atomic E-state index is 0.695. The summed E-state index contributed by atoms with van der Waals surface area (Å²) in [6.07, 6.45) is 5.25. The second kappa shape index (κ2) is 5.35. The van der Waals surface area contributed by atoms with E-state index in [-0.39, 0.29) is 0 Å². The van der Waals surface area contributed by atoms with Gasteiger partial charge in [0.2, 0.25) is 0 Å². The second-order valence-corrected chi connectivity index (χ2v) is 4.62. The fraction of sp³-hybridized carbons (Fsp3) is 0.571. The van der Waals surface area contributed by atoms with E-state index in [9.17, 15) is 0 Å². The number of hydrogen-bond acceptors (Lipinski definition) is 2. The maximum Gasteiger partial charge on any atom is 0.118 e. The van der Waals surface area contributed by atoms with Crippen LogP contribution in [0.3, 0.4) is 0 Å². The Hall–Kier alpha value is -1.02. The normalized spacial score (nSPS) is 25.4. The molecular weight excluding hydrogens is 198 g/mol. The van der Waals surface area contributed by atoms with Gasteiger partial charge >= 0.3 is 0 Å². The van der Waals surface area contributed by atoms with Crippen LogP contribution in [0.2, 0.25) is 0 Å². The van der Waals surface area contributed by atoms with E-state index < -0.39 is 0 Å². The standard InChI is InChI=1S/C14H21NO/c1-15-13-5-3-4-12(10-13)11-6-8-14(16-2)9-7-11/h6-9,12-13,15H,3-5,10H2,1-2H3. The maximum atomic E-state index is 5.19. The van der Waals surface area contributed by atoms with Gasteiger partial charge in [0.1, 0.15) is 5.75 Å². The van der Waals surface area contributed by atoms with E-state index in [0.717, 1.165) is 11.7 Å². The molecule has 0 aromatic heterocycles. The third-order valence-corrected chi connectivity index (χ3v) is 3.67. The zero-order valence-corrected chi connectivity index (χ0v) is 10.2. The van der Waals surface area contributed by atoms with E-state index in [1.165, 1.54) is 31.2 Å². The number of nitrogens with one attached hydrogen (secondary N) is 1. The molecule has 2 heteroatoms. The van der Waals surface area contributed by atoms with Gasteiger partial charge in [0.15, 0.2) is 0 Å². The summed E-state index contributed by atoms with van der Waals surface area (Å²) in [5.74, 6) is 1.67. The highest BCUT2D eigenvalue weighted by Crippen LogP contribution is 2.33. The van der Waals surface area contributed by atoms with Gasteiger partial charge in [-0.25, -0.2) is 0 Å². The highest BCUT2D eigenvalue weighted by molar-refractivity contribution is 5.29. The van der Waals surface area contributed by atoms with E-state index in [0.29, 0.717) is 6.04 Å². The number of hydrogen-bond donors (Lipinski definition) is 1. The molecular formula is C14H21NO. The largest absolute Gasteiger partial charge is 0.497 e. The van der Waals surface area contributed by atoms with Gasteiger partial charge in [-0.1, -0.05) is 18.6 Å². The molecule has 1 aliphatic carbocycles. The summed E-state index contributed by atoms with van der Waals surface area (Å²) in [5.41, 5.74) is 1.46. The molecule has 88 valence electrons. The summed E-state index contributed by atoms with van der Waals surface area (Å²) < 4.78 is 5.19. The highest BCUT2D eigenvalue weighted by Gasteiger charge is 2.21. The van der Waals surface area contributed by atoms with Crippen LogP contribution in [0.1, 0.15) is 37.2 Å². The molecule has 0 bridgehead atoms. The van der Waals surface area contributed by atoms with Crippen LogP contribution in [0.15, 0.2) is 24.3 Å².